The van der Waals surface area contributed by atoms with E-state index >= 15 is 0 Å². The van der Waals surface area contributed by atoms with E-state index in [0.717, 1.165) is 20.9 Å². The maximum atomic E-state index is 11.1. The highest BCUT2D eigenvalue weighted by molar-refractivity contribution is 9.10. The Bertz CT molecular complexity index is 519. The largest absolute Gasteiger partial charge is 0.469 e. The van der Waals surface area contributed by atoms with Crippen LogP contribution in [0.25, 0.3) is 10.9 Å². The molecule has 0 atom stereocenters. The summed E-state index contributed by atoms with van der Waals surface area (Å²) in [6.07, 6.45) is 3.05. The molecule has 0 fully saturated rings. The average Bonchev–Trinajstić information content (AvgIpc) is 2.68. The maximum absolute atomic E-state index is 11.1. The second-order valence-electron chi connectivity index (χ2n) is 3.58. The Balaban J connectivity index is 2.24. The van der Waals surface area contributed by atoms with Gasteiger partial charge in [-0.1, -0.05) is 15.9 Å². The number of benzene rings is 1. The normalized spacial score (nSPS) is 10.6. The van der Waals surface area contributed by atoms with Crippen molar-refractivity contribution >= 4 is 32.8 Å². The van der Waals surface area contributed by atoms with Crippen LogP contribution in [0.1, 0.15) is 12.0 Å². The molecule has 0 unspecified atom stereocenters. The molecule has 1 aromatic heterocycles. The van der Waals surface area contributed by atoms with Crippen LogP contribution < -0.4 is 0 Å². The number of carbonyl (C=O) groups is 1. The molecule has 0 bridgehead atoms. The number of hydrogen-bond donors (Lipinski definition) is 1. The predicted octanol–water partition coefficient (Wildman–Crippen LogP) is 3.04. The van der Waals surface area contributed by atoms with Crippen LogP contribution >= 0.6 is 15.9 Å². The molecule has 2 aromatic rings. The van der Waals surface area contributed by atoms with Gasteiger partial charge in [-0.25, -0.2) is 0 Å². The van der Waals surface area contributed by atoms with Crippen molar-refractivity contribution in [1.29, 1.82) is 0 Å². The first kappa shape index (κ1) is 11.2. The number of H-pyrrole nitrogens is 1. The number of carbonyl (C=O) groups excluding carboxylic acids is 1. The number of ether oxygens (including phenoxy) is 1. The van der Waals surface area contributed by atoms with Crippen LogP contribution in [0.15, 0.2) is 28.9 Å². The minimum atomic E-state index is -0.177. The number of nitrogens with one attached hydrogen (secondary N) is 1. The molecule has 3 nitrogen and oxygen atoms in total. The van der Waals surface area contributed by atoms with Gasteiger partial charge in [0.2, 0.25) is 0 Å². The first-order valence-electron chi connectivity index (χ1n) is 5.03. The van der Waals surface area contributed by atoms with Gasteiger partial charge in [-0.05, 0) is 30.2 Å². The first-order valence-corrected chi connectivity index (χ1v) is 5.82. The fourth-order valence-corrected chi connectivity index (χ4v) is 2.06. The third-order valence-electron chi connectivity index (χ3n) is 2.56. The van der Waals surface area contributed by atoms with Gasteiger partial charge in [0.1, 0.15) is 0 Å². The Hall–Kier alpha value is -1.29. The molecule has 0 radical (unpaired) electrons. The van der Waals surface area contributed by atoms with Crippen LogP contribution in [0.5, 0.6) is 0 Å². The van der Waals surface area contributed by atoms with Crippen molar-refractivity contribution in [2.75, 3.05) is 7.11 Å². The fraction of sp³-hybridized carbons (Fsp3) is 0.250. The number of methoxy groups -OCH3 is 1. The summed E-state index contributed by atoms with van der Waals surface area (Å²) < 4.78 is 5.67. The highest BCUT2D eigenvalue weighted by Crippen LogP contribution is 2.23. The zero-order valence-corrected chi connectivity index (χ0v) is 10.5. The molecule has 0 saturated carbocycles. The Kier molecular flexibility index (Phi) is 3.29. The van der Waals surface area contributed by atoms with Gasteiger partial charge in [0, 0.05) is 28.0 Å². The number of fused-ring (bicyclic) bond motifs is 1. The SMILES string of the molecule is COC(=O)CCc1c[nH]c2ccc(Br)cc12. The number of esters is 1. The Morgan fingerprint density at radius 1 is 1.50 bits per heavy atom. The molecule has 4 heteroatoms. The summed E-state index contributed by atoms with van der Waals surface area (Å²) in [5, 5.41) is 1.15. The highest BCUT2D eigenvalue weighted by atomic mass is 79.9. The summed E-state index contributed by atoms with van der Waals surface area (Å²) in [6, 6.07) is 6.06. The lowest BCUT2D eigenvalue weighted by Crippen LogP contribution is -2.01. The standard InChI is InChI=1S/C12H12BrNO2/c1-16-12(15)5-2-8-7-14-11-4-3-9(13)6-10(8)11/h3-4,6-7,14H,2,5H2,1H3. The summed E-state index contributed by atoms with van der Waals surface area (Å²) in [6.45, 7) is 0. The van der Waals surface area contributed by atoms with E-state index in [9.17, 15) is 4.79 Å². The zero-order valence-electron chi connectivity index (χ0n) is 8.92. The molecule has 0 saturated heterocycles. The predicted molar refractivity (Wildman–Crippen MR) is 66.3 cm³/mol. The second kappa shape index (κ2) is 4.70. The van der Waals surface area contributed by atoms with Crippen LogP contribution in [-0.2, 0) is 16.0 Å². The Labute approximate surface area is 102 Å². The minimum Gasteiger partial charge on any atom is -0.469 e. The molecular formula is C12H12BrNO2. The monoisotopic (exact) mass is 281 g/mol. The van der Waals surface area contributed by atoms with Crippen molar-refractivity contribution in [3.05, 3.63) is 34.4 Å². The van der Waals surface area contributed by atoms with Crippen molar-refractivity contribution < 1.29 is 9.53 Å². The number of aromatic amines is 1. The molecule has 84 valence electrons. The third kappa shape index (κ3) is 2.27. The molecular weight excluding hydrogens is 270 g/mol. The molecule has 1 heterocycles. The third-order valence-corrected chi connectivity index (χ3v) is 3.05. The van der Waals surface area contributed by atoms with E-state index < -0.39 is 0 Å². The number of rotatable bonds is 3. The lowest BCUT2D eigenvalue weighted by molar-refractivity contribution is -0.140. The summed E-state index contributed by atoms with van der Waals surface area (Å²) in [7, 11) is 1.41. The van der Waals surface area contributed by atoms with Gasteiger partial charge < -0.3 is 9.72 Å². The van der Waals surface area contributed by atoms with Crippen molar-refractivity contribution in [1.82, 2.24) is 4.98 Å². The van der Waals surface area contributed by atoms with Crippen LogP contribution in [-0.4, -0.2) is 18.1 Å². The van der Waals surface area contributed by atoms with Gasteiger partial charge >= 0.3 is 5.97 Å². The smallest absolute Gasteiger partial charge is 0.305 e. The van der Waals surface area contributed by atoms with Crippen LogP contribution in [0.2, 0.25) is 0 Å². The van der Waals surface area contributed by atoms with E-state index in [4.69, 9.17) is 0 Å². The van der Waals surface area contributed by atoms with Gasteiger partial charge in [-0.2, -0.15) is 0 Å². The van der Waals surface area contributed by atoms with E-state index in [2.05, 4.69) is 31.7 Å². The highest BCUT2D eigenvalue weighted by Gasteiger charge is 2.07. The van der Waals surface area contributed by atoms with Crippen molar-refractivity contribution in [3.8, 4) is 0 Å². The lowest BCUT2D eigenvalue weighted by atomic mass is 10.1. The van der Waals surface area contributed by atoms with E-state index in [1.54, 1.807) is 0 Å². The molecule has 2 rings (SSSR count). The van der Waals surface area contributed by atoms with E-state index in [1.165, 1.54) is 7.11 Å². The van der Waals surface area contributed by atoms with Gasteiger partial charge in [-0.3, -0.25) is 4.79 Å². The number of halogens is 1. The molecule has 0 amide bonds. The van der Waals surface area contributed by atoms with Gasteiger partial charge in [0.15, 0.2) is 0 Å². The van der Waals surface area contributed by atoms with Crippen LogP contribution in [0, 0.1) is 0 Å². The summed E-state index contributed by atoms with van der Waals surface area (Å²) in [5.41, 5.74) is 2.23. The Morgan fingerprint density at radius 2 is 2.31 bits per heavy atom. The number of aromatic nitrogens is 1. The van der Waals surface area contributed by atoms with Crippen molar-refractivity contribution in [3.63, 3.8) is 0 Å². The average molecular weight is 282 g/mol. The number of aryl methyl sites for hydroxylation is 1. The van der Waals surface area contributed by atoms with E-state index in [0.29, 0.717) is 12.8 Å². The van der Waals surface area contributed by atoms with Crippen molar-refractivity contribution in [2.24, 2.45) is 0 Å². The minimum absolute atomic E-state index is 0.177. The lowest BCUT2D eigenvalue weighted by Gasteiger charge is -1.99. The van der Waals surface area contributed by atoms with E-state index in [1.807, 2.05) is 18.3 Å². The topological polar surface area (TPSA) is 42.1 Å². The summed E-state index contributed by atoms with van der Waals surface area (Å²) >= 11 is 3.44. The first-order chi connectivity index (χ1) is 7.70. The van der Waals surface area contributed by atoms with Gasteiger partial charge in [0.05, 0.1) is 7.11 Å². The van der Waals surface area contributed by atoms with Gasteiger partial charge in [0.25, 0.3) is 0 Å². The second-order valence-corrected chi connectivity index (χ2v) is 4.50. The van der Waals surface area contributed by atoms with Crippen molar-refractivity contribution in [2.45, 2.75) is 12.8 Å². The molecule has 16 heavy (non-hydrogen) atoms. The summed E-state index contributed by atoms with van der Waals surface area (Å²) in [5.74, 6) is -0.177. The quantitative estimate of drug-likeness (QED) is 0.879. The molecule has 0 aliphatic carbocycles. The fourth-order valence-electron chi connectivity index (χ4n) is 1.70. The van der Waals surface area contributed by atoms with Gasteiger partial charge in [-0.15, -0.1) is 0 Å². The number of hydrogen-bond acceptors (Lipinski definition) is 2. The molecule has 0 spiro atoms. The molecule has 1 aromatic carbocycles. The zero-order chi connectivity index (χ0) is 11.5. The Morgan fingerprint density at radius 3 is 3.06 bits per heavy atom. The molecule has 0 aliphatic rings. The van der Waals surface area contributed by atoms with E-state index in [-0.39, 0.29) is 5.97 Å². The molecule has 0 aliphatic heterocycles. The van der Waals surface area contributed by atoms with Crippen LogP contribution in [0.3, 0.4) is 0 Å². The molecule has 1 N–H and O–H groups in total. The summed E-state index contributed by atoms with van der Waals surface area (Å²) in [4.78, 5) is 14.3. The van der Waals surface area contributed by atoms with Crippen LogP contribution in [0.4, 0.5) is 0 Å². The maximum Gasteiger partial charge on any atom is 0.305 e.